The molecule has 0 aliphatic carbocycles. The Morgan fingerprint density at radius 1 is 1.10 bits per heavy atom. The Kier molecular flexibility index (Phi) is 3.13. The van der Waals surface area contributed by atoms with Crippen LogP contribution in [0.4, 0.5) is 5.69 Å². The Morgan fingerprint density at radius 2 is 1.75 bits per heavy atom. The molecule has 4 nitrogen and oxygen atoms in total. The summed E-state index contributed by atoms with van der Waals surface area (Å²) in [4.78, 5) is 27.9. The molecule has 1 saturated heterocycles. The zero-order valence-corrected chi connectivity index (χ0v) is 12.1. The first-order valence-electron chi connectivity index (χ1n) is 7.15. The number of carbonyl (C=O) groups is 2. The first-order valence-corrected chi connectivity index (χ1v) is 7.15. The molecule has 1 aromatic rings. The SMILES string of the molecule is CC1(C)CCN(CN2C(=O)C(=O)c3ccccc32)CC1. The van der Waals surface area contributed by atoms with Gasteiger partial charge >= 0.3 is 5.91 Å². The smallest absolute Gasteiger partial charge is 0.291 e. The average Bonchev–Trinajstić information content (AvgIpc) is 2.67. The maximum Gasteiger partial charge on any atom is 0.300 e. The van der Waals surface area contributed by atoms with E-state index in [1.165, 1.54) is 0 Å². The highest BCUT2D eigenvalue weighted by Crippen LogP contribution is 2.32. The van der Waals surface area contributed by atoms with Crippen LogP contribution in [0.1, 0.15) is 37.0 Å². The minimum atomic E-state index is -0.393. The van der Waals surface area contributed by atoms with E-state index in [9.17, 15) is 9.59 Å². The molecule has 1 aromatic carbocycles. The van der Waals surface area contributed by atoms with E-state index in [1.807, 2.05) is 12.1 Å². The minimum Gasteiger partial charge on any atom is -0.291 e. The Balaban J connectivity index is 1.76. The van der Waals surface area contributed by atoms with Crippen molar-refractivity contribution in [2.45, 2.75) is 26.7 Å². The van der Waals surface area contributed by atoms with Crippen LogP contribution in [0, 0.1) is 5.41 Å². The van der Waals surface area contributed by atoms with E-state index >= 15 is 0 Å². The van der Waals surface area contributed by atoms with E-state index < -0.39 is 5.91 Å². The molecule has 1 amide bonds. The third-order valence-corrected chi connectivity index (χ3v) is 4.43. The van der Waals surface area contributed by atoms with Crippen LogP contribution in [0.25, 0.3) is 0 Å². The highest BCUT2D eigenvalue weighted by molar-refractivity contribution is 6.52. The van der Waals surface area contributed by atoms with E-state index in [0.717, 1.165) is 31.6 Å². The summed E-state index contributed by atoms with van der Waals surface area (Å²) in [6, 6.07) is 7.26. The molecular weight excluding hydrogens is 252 g/mol. The van der Waals surface area contributed by atoms with E-state index in [4.69, 9.17) is 0 Å². The number of para-hydroxylation sites is 1. The summed E-state index contributed by atoms with van der Waals surface area (Å²) in [6.07, 6.45) is 2.26. The average molecular weight is 272 g/mol. The summed E-state index contributed by atoms with van der Waals surface area (Å²) < 4.78 is 0. The molecule has 2 aliphatic rings. The van der Waals surface area contributed by atoms with E-state index in [-0.39, 0.29) is 5.78 Å². The van der Waals surface area contributed by atoms with Gasteiger partial charge in [0, 0.05) is 13.1 Å². The van der Waals surface area contributed by atoms with Crippen molar-refractivity contribution in [2.24, 2.45) is 5.41 Å². The van der Waals surface area contributed by atoms with E-state index in [1.54, 1.807) is 17.0 Å². The van der Waals surface area contributed by atoms with Gasteiger partial charge in [-0.25, -0.2) is 0 Å². The number of piperidine rings is 1. The lowest BCUT2D eigenvalue weighted by molar-refractivity contribution is -0.114. The number of amides is 1. The van der Waals surface area contributed by atoms with E-state index in [2.05, 4.69) is 18.7 Å². The molecule has 0 aromatic heterocycles. The molecule has 2 heterocycles. The molecule has 3 rings (SSSR count). The van der Waals surface area contributed by atoms with Gasteiger partial charge in [-0.15, -0.1) is 0 Å². The molecule has 0 N–H and O–H groups in total. The molecule has 106 valence electrons. The number of hydrogen-bond donors (Lipinski definition) is 0. The fourth-order valence-corrected chi connectivity index (χ4v) is 2.89. The summed E-state index contributed by atoms with van der Waals surface area (Å²) in [5.41, 5.74) is 1.68. The fraction of sp³-hybridized carbons (Fsp3) is 0.500. The standard InChI is InChI=1S/C16H20N2O2/c1-16(2)7-9-17(10-8-16)11-18-13-6-4-3-5-12(13)14(19)15(18)20/h3-6H,7-11H2,1-2H3. The van der Waals surface area contributed by atoms with Crippen molar-refractivity contribution < 1.29 is 9.59 Å². The summed E-state index contributed by atoms with van der Waals surface area (Å²) in [7, 11) is 0. The Hall–Kier alpha value is -1.68. The Bertz CT molecular complexity index is 555. The maximum absolute atomic E-state index is 12.1. The second-order valence-electron chi connectivity index (χ2n) is 6.50. The van der Waals surface area contributed by atoms with E-state index in [0.29, 0.717) is 17.6 Å². The first kappa shape index (κ1) is 13.3. The molecule has 0 radical (unpaired) electrons. The predicted octanol–water partition coefficient (Wildman–Crippen LogP) is 2.30. The van der Waals surface area contributed by atoms with Crippen molar-refractivity contribution in [2.75, 3.05) is 24.7 Å². The number of benzene rings is 1. The van der Waals surface area contributed by atoms with Crippen LogP contribution in [0.3, 0.4) is 0 Å². The van der Waals surface area contributed by atoms with Gasteiger partial charge in [0.1, 0.15) is 0 Å². The monoisotopic (exact) mass is 272 g/mol. The number of fused-ring (bicyclic) bond motifs is 1. The number of rotatable bonds is 2. The number of ketones is 1. The van der Waals surface area contributed by atoms with Gasteiger partial charge < -0.3 is 0 Å². The van der Waals surface area contributed by atoms with Gasteiger partial charge in [-0.05, 0) is 30.4 Å². The van der Waals surface area contributed by atoms with Gasteiger partial charge in [0.25, 0.3) is 5.78 Å². The Morgan fingerprint density at radius 3 is 2.45 bits per heavy atom. The van der Waals surface area contributed by atoms with Crippen LogP contribution < -0.4 is 4.90 Å². The summed E-state index contributed by atoms with van der Waals surface area (Å²) in [5.74, 6) is -0.769. The van der Waals surface area contributed by atoms with Gasteiger partial charge in [0.2, 0.25) is 0 Å². The molecule has 20 heavy (non-hydrogen) atoms. The van der Waals surface area contributed by atoms with Crippen LogP contribution in [0.15, 0.2) is 24.3 Å². The van der Waals surface area contributed by atoms with Crippen molar-refractivity contribution >= 4 is 17.4 Å². The van der Waals surface area contributed by atoms with Gasteiger partial charge in [0.15, 0.2) is 0 Å². The number of nitrogens with zero attached hydrogens (tertiary/aromatic N) is 2. The number of anilines is 1. The molecule has 0 unspecified atom stereocenters. The van der Waals surface area contributed by atoms with Crippen LogP contribution in [-0.2, 0) is 4.79 Å². The summed E-state index contributed by atoms with van der Waals surface area (Å²) >= 11 is 0. The van der Waals surface area contributed by atoms with Crippen molar-refractivity contribution in [1.29, 1.82) is 0 Å². The number of likely N-dealkylation sites (tertiary alicyclic amines) is 1. The van der Waals surface area contributed by atoms with Gasteiger partial charge in [0.05, 0.1) is 17.9 Å². The predicted molar refractivity (Wildman–Crippen MR) is 77.7 cm³/mol. The third kappa shape index (κ3) is 2.24. The molecule has 0 bridgehead atoms. The second-order valence-corrected chi connectivity index (χ2v) is 6.50. The van der Waals surface area contributed by atoms with Gasteiger partial charge in [-0.3, -0.25) is 19.4 Å². The van der Waals surface area contributed by atoms with Crippen molar-refractivity contribution in [3.05, 3.63) is 29.8 Å². The quantitative estimate of drug-likeness (QED) is 0.776. The minimum absolute atomic E-state index is 0.377. The lowest BCUT2D eigenvalue weighted by Crippen LogP contribution is -2.45. The molecule has 0 saturated carbocycles. The Labute approximate surface area is 119 Å². The van der Waals surface area contributed by atoms with Gasteiger partial charge in [-0.2, -0.15) is 0 Å². The number of Topliss-reactive ketones (excluding diaryl/α,β-unsaturated/α-hetero) is 1. The molecule has 0 spiro atoms. The van der Waals surface area contributed by atoms with Gasteiger partial charge in [-0.1, -0.05) is 26.0 Å². The van der Waals surface area contributed by atoms with Crippen molar-refractivity contribution in [3.8, 4) is 0 Å². The molecule has 2 aliphatic heterocycles. The lowest BCUT2D eigenvalue weighted by Gasteiger charge is -2.38. The highest BCUT2D eigenvalue weighted by Gasteiger charge is 2.37. The summed E-state index contributed by atoms with van der Waals surface area (Å²) in [6.45, 7) is 7.05. The third-order valence-electron chi connectivity index (χ3n) is 4.43. The number of hydrogen-bond acceptors (Lipinski definition) is 3. The summed E-state index contributed by atoms with van der Waals surface area (Å²) in [5, 5.41) is 0. The van der Waals surface area contributed by atoms with Crippen molar-refractivity contribution in [1.82, 2.24) is 4.90 Å². The molecule has 0 atom stereocenters. The maximum atomic E-state index is 12.1. The molecule has 4 heteroatoms. The van der Waals surface area contributed by atoms with Crippen LogP contribution in [0.5, 0.6) is 0 Å². The number of carbonyl (C=O) groups excluding carboxylic acids is 2. The van der Waals surface area contributed by atoms with Crippen LogP contribution >= 0.6 is 0 Å². The fourth-order valence-electron chi connectivity index (χ4n) is 2.89. The second kappa shape index (κ2) is 4.70. The zero-order chi connectivity index (χ0) is 14.3. The normalized spacial score (nSPS) is 22.2. The largest absolute Gasteiger partial charge is 0.300 e. The van der Waals surface area contributed by atoms with Crippen LogP contribution in [-0.4, -0.2) is 36.3 Å². The first-order chi connectivity index (χ1) is 9.48. The van der Waals surface area contributed by atoms with Crippen LogP contribution in [0.2, 0.25) is 0 Å². The topological polar surface area (TPSA) is 40.6 Å². The zero-order valence-electron chi connectivity index (χ0n) is 12.1. The lowest BCUT2D eigenvalue weighted by atomic mass is 9.83. The van der Waals surface area contributed by atoms with Crippen molar-refractivity contribution in [3.63, 3.8) is 0 Å². The highest BCUT2D eigenvalue weighted by atomic mass is 16.2. The molecular formula is C16H20N2O2. The molecule has 1 fully saturated rings.